The summed E-state index contributed by atoms with van der Waals surface area (Å²) in [4.78, 5) is 10.3. The van der Waals surface area contributed by atoms with Crippen molar-refractivity contribution in [3.63, 3.8) is 0 Å². The van der Waals surface area contributed by atoms with Crippen molar-refractivity contribution in [2.24, 2.45) is 0 Å². The van der Waals surface area contributed by atoms with Crippen molar-refractivity contribution in [3.05, 3.63) is 0 Å². The summed E-state index contributed by atoms with van der Waals surface area (Å²) in [6, 6.07) is 0. The van der Waals surface area contributed by atoms with E-state index >= 15 is 0 Å². The molecule has 0 aromatic heterocycles. The van der Waals surface area contributed by atoms with Crippen LogP contribution in [0.5, 0.6) is 0 Å². The molecule has 0 aromatic rings. The zero-order valence-corrected chi connectivity index (χ0v) is 6.39. The summed E-state index contributed by atoms with van der Waals surface area (Å²) in [6.07, 6.45) is 0.662. The van der Waals surface area contributed by atoms with Crippen molar-refractivity contribution in [2.75, 3.05) is 13.7 Å². The van der Waals surface area contributed by atoms with Gasteiger partial charge in [-0.05, 0) is 6.42 Å². The van der Waals surface area contributed by atoms with Crippen LogP contribution in [0.1, 0.15) is 13.3 Å². The van der Waals surface area contributed by atoms with Crippen LogP contribution >= 0.6 is 7.82 Å². The molecule has 0 N–H and O–H groups in total. The topological polar surface area (TPSA) is 58.6 Å². The normalized spacial score (nSPS) is 17.2. The lowest BCUT2D eigenvalue weighted by Crippen LogP contribution is -2.06. The second-order valence-electron chi connectivity index (χ2n) is 1.46. The first kappa shape index (κ1) is 9.11. The van der Waals surface area contributed by atoms with Gasteiger partial charge in [-0.15, -0.1) is 0 Å². The quantitative estimate of drug-likeness (QED) is 0.552. The lowest BCUT2D eigenvalue weighted by Gasteiger charge is -2.19. The molecule has 0 rings (SSSR count). The molecule has 1 atom stereocenters. The molecule has 0 aliphatic carbocycles. The summed E-state index contributed by atoms with van der Waals surface area (Å²) in [6.45, 7) is 2.00. The summed E-state index contributed by atoms with van der Waals surface area (Å²) in [7, 11) is -2.87. The summed E-state index contributed by atoms with van der Waals surface area (Å²) in [5, 5.41) is 0. The molecule has 0 aromatic carbocycles. The first-order valence-electron chi connectivity index (χ1n) is 2.63. The molecule has 0 aliphatic rings. The molecule has 0 fully saturated rings. The lowest BCUT2D eigenvalue weighted by atomic mass is 10.5. The van der Waals surface area contributed by atoms with Gasteiger partial charge in [0.15, 0.2) is 0 Å². The third kappa shape index (κ3) is 4.60. The van der Waals surface area contributed by atoms with E-state index in [9.17, 15) is 9.46 Å². The van der Waals surface area contributed by atoms with Crippen LogP contribution in [-0.4, -0.2) is 13.7 Å². The fourth-order valence-electron chi connectivity index (χ4n) is 0.256. The van der Waals surface area contributed by atoms with Gasteiger partial charge < -0.3 is 13.9 Å². The van der Waals surface area contributed by atoms with Gasteiger partial charge in [0, 0.05) is 7.11 Å². The second-order valence-corrected chi connectivity index (χ2v) is 2.98. The summed E-state index contributed by atoms with van der Waals surface area (Å²) < 4.78 is 18.7. The molecule has 0 spiro atoms. The van der Waals surface area contributed by atoms with Crippen molar-refractivity contribution in [1.29, 1.82) is 0 Å². The highest BCUT2D eigenvalue weighted by molar-refractivity contribution is 7.45. The number of hydrogen-bond donors (Lipinski definition) is 0. The molecular formula is C4H10O4P-. The first-order valence-corrected chi connectivity index (χ1v) is 4.09. The Bertz CT molecular complexity index is 113. The molecule has 9 heavy (non-hydrogen) atoms. The smallest absolute Gasteiger partial charge is 0.267 e. The molecule has 0 heterocycles. The molecule has 1 unspecified atom stereocenters. The van der Waals surface area contributed by atoms with Crippen LogP contribution in [0, 0.1) is 0 Å². The van der Waals surface area contributed by atoms with E-state index in [0.29, 0.717) is 6.42 Å². The van der Waals surface area contributed by atoms with Gasteiger partial charge >= 0.3 is 0 Å². The first-order chi connectivity index (χ1) is 4.12. The van der Waals surface area contributed by atoms with Gasteiger partial charge in [0.1, 0.15) is 0 Å². The highest BCUT2D eigenvalue weighted by Gasteiger charge is 2.02. The Morgan fingerprint density at radius 3 is 2.56 bits per heavy atom. The van der Waals surface area contributed by atoms with E-state index in [1.807, 2.05) is 6.92 Å². The van der Waals surface area contributed by atoms with E-state index in [4.69, 9.17) is 0 Å². The molecule has 56 valence electrons. The predicted molar refractivity (Wildman–Crippen MR) is 30.9 cm³/mol. The molecule has 0 saturated heterocycles. The van der Waals surface area contributed by atoms with Crippen LogP contribution in [0.25, 0.3) is 0 Å². The zero-order valence-electron chi connectivity index (χ0n) is 5.49. The minimum atomic E-state index is -3.94. The van der Waals surface area contributed by atoms with Crippen LogP contribution in [0.3, 0.4) is 0 Å². The fourth-order valence-corrected chi connectivity index (χ4v) is 0.767. The number of phosphoric ester groups is 1. The van der Waals surface area contributed by atoms with Crippen LogP contribution in [0.15, 0.2) is 0 Å². The maximum Gasteiger partial charge on any atom is 0.267 e. The molecular weight excluding hydrogens is 143 g/mol. The molecule has 0 amide bonds. The molecule has 0 aliphatic heterocycles. The predicted octanol–water partition coefficient (Wildman–Crippen LogP) is 0.528. The van der Waals surface area contributed by atoms with Gasteiger partial charge in [-0.2, -0.15) is 0 Å². The third-order valence-corrected chi connectivity index (χ3v) is 1.62. The Balaban J connectivity index is 3.46. The van der Waals surface area contributed by atoms with E-state index in [1.165, 1.54) is 0 Å². The Labute approximate surface area is 54.4 Å². The van der Waals surface area contributed by atoms with E-state index in [1.54, 1.807) is 0 Å². The number of rotatable bonds is 4. The maximum atomic E-state index is 10.3. The summed E-state index contributed by atoms with van der Waals surface area (Å²) in [5.41, 5.74) is 0. The van der Waals surface area contributed by atoms with Crippen molar-refractivity contribution in [2.45, 2.75) is 13.3 Å². The van der Waals surface area contributed by atoms with Gasteiger partial charge in [0.05, 0.1) is 6.61 Å². The van der Waals surface area contributed by atoms with Gasteiger partial charge in [0.2, 0.25) is 0 Å². The number of hydrogen-bond acceptors (Lipinski definition) is 4. The Morgan fingerprint density at radius 2 is 2.22 bits per heavy atom. The van der Waals surface area contributed by atoms with E-state index in [2.05, 4.69) is 9.05 Å². The Kier molecular flexibility index (Phi) is 4.06. The third-order valence-electron chi connectivity index (χ3n) is 0.677. The molecule has 0 radical (unpaired) electrons. The van der Waals surface area contributed by atoms with Crippen molar-refractivity contribution in [1.82, 2.24) is 0 Å². The molecule has 0 saturated carbocycles. The minimum Gasteiger partial charge on any atom is -0.756 e. The van der Waals surface area contributed by atoms with Crippen LogP contribution in [0.4, 0.5) is 0 Å². The SMILES string of the molecule is CCCOP(=O)([O-])OC. The molecule has 0 bridgehead atoms. The lowest BCUT2D eigenvalue weighted by molar-refractivity contribution is -0.222. The van der Waals surface area contributed by atoms with E-state index in [-0.39, 0.29) is 6.61 Å². The zero-order chi connectivity index (χ0) is 7.33. The van der Waals surface area contributed by atoms with E-state index in [0.717, 1.165) is 7.11 Å². The van der Waals surface area contributed by atoms with Crippen molar-refractivity contribution >= 4 is 7.82 Å². The van der Waals surface area contributed by atoms with Crippen LogP contribution in [-0.2, 0) is 13.6 Å². The standard InChI is InChI=1S/C4H11O4P/c1-3-4-8-9(5,6)7-2/h3-4H2,1-2H3,(H,5,6)/p-1. The monoisotopic (exact) mass is 153 g/mol. The second kappa shape index (κ2) is 4.01. The number of phosphoric acid groups is 1. The largest absolute Gasteiger partial charge is 0.756 e. The van der Waals surface area contributed by atoms with E-state index < -0.39 is 7.82 Å². The van der Waals surface area contributed by atoms with Crippen molar-refractivity contribution in [3.8, 4) is 0 Å². The van der Waals surface area contributed by atoms with Gasteiger partial charge in [0.25, 0.3) is 7.82 Å². The highest BCUT2D eigenvalue weighted by Crippen LogP contribution is 2.36. The minimum absolute atomic E-state index is 0.189. The Hall–Kier alpha value is 0.110. The van der Waals surface area contributed by atoms with Crippen LogP contribution < -0.4 is 4.89 Å². The Morgan fingerprint density at radius 1 is 1.67 bits per heavy atom. The molecule has 4 nitrogen and oxygen atoms in total. The van der Waals surface area contributed by atoms with Gasteiger partial charge in [-0.25, -0.2) is 0 Å². The maximum absolute atomic E-state index is 10.3. The summed E-state index contributed by atoms with van der Waals surface area (Å²) >= 11 is 0. The average Bonchev–Trinajstić information content (AvgIpc) is 1.84. The van der Waals surface area contributed by atoms with Crippen molar-refractivity contribution < 1.29 is 18.5 Å². The highest BCUT2D eigenvalue weighted by atomic mass is 31.2. The van der Waals surface area contributed by atoms with Gasteiger partial charge in [-0.1, -0.05) is 6.92 Å². The molecule has 5 heteroatoms. The van der Waals surface area contributed by atoms with Gasteiger partial charge in [-0.3, -0.25) is 4.57 Å². The van der Waals surface area contributed by atoms with Crippen LogP contribution in [0.2, 0.25) is 0 Å². The average molecular weight is 153 g/mol. The fraction of sp³-hybridized carbons (Fsp3) is 1.00. The summed E-state index contributed by atoms with van der Waals surface area (Å²) in [5.74, 6) is 0.